The molecule has 1 N–H and O–H groups in total. The third-order valence-corrected chi connectivity index (χ3v) is 5.52. The van der Waals surface area contributed by atoms with Gasteiger partial charge in [0.05, 0.1) is 16.1 Å². The Morgan fingerprint density at radius 2 is 1.78 bits per heavy atom. The second-order valence-corrected chi connectivity index (χ2v) is 7.67. The molecule has 3 aromatic rings. The highest BCUT2D eigenvalue weighted by Gasteiger charge is 2.17. The topological polar surface area (TPSA) is 122 Å². The number of nitrogens with zero attached hydrogens (tertiary/aromatic N) is 2. The van der Waals surface area contributed by atoms with Crippen LogP contribution >= 0.6 is 11.8 Å². The number of esters is 1. The fourth-order valence-electron chi connectivity index (χ4n) is 2.79. The minimum Gasteiger partial charge on any atom is -0.452 e. The standard InChI is InChI=1S/C23H17N3O5S/c1-15-12-17(26(29)30)10-11-19(15)25-22(27)14-31-23(28)18-7-3-5-9-21(18)32-20-8-4-2-6-16(20)13-24/h2-12H,14H2,1H3,(H,25,27). The normalized spacial score (nSPS) is 10.1. The minimum atomic E-state index is -0.682. The number of anilines is 1. The summed E-state index contributed by atoms with van der Waals surface area (Å²) in [5.74, 6) is -1.26. The summed E-state index contributed by atoms with van der Waals surface area (Å²) in [7, 11) is 0. The molecule has 0 radical (unpaired) electrons. The molecule has 0 aromatic heterocycles. The van der Waals surface area contributed by atoms with Crippen LogP contribution < -0.4 is 5.32 Å². The van der Waals surface area contributed by atoms with Crippen molar-refractivity contribution in [1.82, 2.24) is 0 Å². The Hall–Kier alpha value is -4.16. The van der Waals surface area contributed by atoms with Gasteiger partial charge in [0.1, 0.15) is 6.07 Å². The Bertz CT molecular complexity index is 1240. The van der Waals surface area contributed by atoms with Gasteiger partial charge in [-0.1, -0.05) is 36.0 Å². The van der Waals surface area contributed by atoms with Gasteiger partial charge in [-0.05, 0) is 42.8 Å². The van der Waals surface area contributed by atoms with Crippen molar-refractivity contribution in [3.63, 3.8) is 0 Å². The van der Waals surface area contributed by atoms with Crippen molar-refractivity contribution < 1.29 is 19.2 Å². The zero-order valence-electron chi connectivity index (χ0n) is 16.9. The maximum Gasteiger partial charge on any atom is 0.339 e. The zero-order chi connectivity index (χ0) is 23.1. The zero-order valence-corrected chi connectivity index (χ0v) is 17.7. The summed E-state index contributed by atoms with van der Waals surface area (Å²) >= 11 is 1.26. The van der Waals surface area contributed by atoms with Crippen LogP contribution in [0, 0.1) is 28.4 Å². The maximum absolute atomic E-state index is 12.6. The number of nitrogens with one attached hydrogen (secondary N) is 1. The number of nitro groups is 1. The Labute approximate surface area is 188 Å². The number of ether oxygens (including phenoxy) is 1. The first-order valence-corrected chi connectivity index (χ1v) is 10.2. The van der Waals surface area contributed by atoms with Crippen LogP contribution in [0.1, 0.15) is 21.5 Å². The van der Waals surface area contributed by atoms with Crippen LogP contribution in [0.2, 0.25) is 0 Å². The molecule has 0 fully saturated rings. The quantitative estimate of drug-likeness (QED) is 0.316. The highest BCUT2D eigenvalue weighted by Crippen LogP contribution is 2.32. The third kappa shape index (κ3) is 5.50. The van der Waals surface area contributed by atoms with Crippen molar-refractivity contribution in [3.8, 4) is 6.07 Å². The summed E-state index contributed by atoms with van der Waals surface area (Å²) in [6, 6.07) is 19.9. The second-order valence-electron chi connectivity index (χ2n) is 6.59. The molecule has 160 valence electrons. The van der Waals surface area contributed by atoms with E-state index < -0.39 is 23.4 Å². The van der Waals surface area contributed by atoms with Gasteiger partial charge >= 0.3 is 5.97 Å². The monoisotopic (exact) mass is 447 g/mol. The van der Waals surface area contributed by atoms with Crippen molar-refractivity contribution in [2.45, 2.75) is 16.7 Å². The molecular weight excluding hydrogens is 430 g/mol. The molecular formula is C23H17N3O5S. The van der Waals surface area contributed by atoms with Crippen molar-refractivity contribution >= 4 is 35.0 Å². The molecule has 3 rings (SSSR count). The van der Waals surface area contributed by atoms with Gasteiger partial charge in [0.15, 0.2) is 6.61 Å². The van der Waals surface area contributed by atoms with Gasteiger partial charge in [-0.3, -0.25) is 14.9 Å². The molecule has 0 unspecified atom stereocenters. The van der Waals surface area contributed by atoms with E-state index in [2.05, 4.69) is 11.4 Å². The lowest BCUT2D eigenvalue weighted by Gasteiger charge is -2.11. The van der Waals surface area contributed by atoms with Crippen molar-refractivity contribution in [1.29, 1.82) is 5.26 Å². The number of hydrogen-bond acceptors (Lipinski definition) is 7. The molecule has 1 amide bonds. The van der Waals surface area contributed by atoms with Crippen LogP contribution in [0.25, 0.3) is 0 Å². The first-order valence-electron chi connectivity index (χ1n) is 9.37. The summed E-state index contributed by atoms with van der Waals surface area (Å²) in [6.45, 7) is 1.10. The molecule has 0 saturated carbocycles. The van der Waals surface area contributed by atoms with Gasteiger partial charge in [-0.15, -0.1) is 0 Å². The fraction of sp³-hybridized carbons (Fsp3) is 0.0870. The number of carbonyl (C=O) groups excluding carboxylic acids is 2. The van der Waals surface area contributed by atoms with Gasteiger partial charge in [-0.2, -0.15) is 5.26 Å². The van der Waals surface area contributed by atoms with Crippen LogP contribution in [-0.2, 0) is 9.53 Å². The lowest BCUT2D eigenvalue weighted by Crippen LogP contribution is -2.21. The molecule has 0 heterocycles. The lowest BCUT2D eigenvalue weighted by atomic mass is 10.2. The van der Waals surface area contributed by atoms with E-state index in [1.807, 2.05) is 0 Å². The summed E-state index contributed by atoms with van der Waals surface area (Å²) in [4.78, 5) is 36.4. The highest BCUT2D eigenvalue weighted by molar-refractivity contribution is 7.99. The van der Waals surface area contributed by atoms with E-state index in [9.17, 15) is 25.0 Å². The van der Waals surface area contributed by atoms with Crippen LogP contribution in [0.5, 0.6) is 0 Å². The number of carbonyl (C=O) groups is 2. The number of amides is 1. The molecule has 8 nitrogen and oxygen atoms in total. The van der Waals surface area contributed by atoms with E-state index in [1.54, 1.807) is 55.5 Å². The molecule has 0 aliphatic heterocycles. The van der Waals surface area contributed by atoms with Crippen LogP contribution in [0.3, 0.4) is 0 Å². The number of benzene rings is 3. The summed E-state index contributed by atoms with van der Waals surface area (Å²) in [5.41, 5.74) is 1.57. The molecule has 3 aromatic carbocycles. The summed E-state index contributed by atoms with van der Waals surface area (Å²) < 4.78 is 5.16. The number of aryl methyl sites for hydroxylation is 1. The lowest BCUT2D eigenvalue weighted by molar-refractivity contribution is -0.384. The van der Waals surface area contributed by atoms with Gasteiger partial charge in [-0.25, -0.2) is 4.79 Å². The Morgan fingerprint density at radius 3 is 2.47 bits per heavy atom. The van der Waals surface area contributed by atoms with E-state index in [0.29, 0.717) is 26.6 Å². The van der Waals surface area contributed by atoms with Crippen LogP contribution in [0.15, 0.2) is 76.5 Å². The Morgan fingerprint density at radius 1 is 1.09 bits per heavy atom. The number of nitro benzene ring substituents is 1. The minimum absolute atomic E-state index is 0.0843. The number of non-ortho nitro benzene ring substituents is 1. The largest absolute Gasteiger partial charge is 0.452 e. The predicted octanol–water partition coefficient (Wildman–Crippen LogP) is 4.72. The average molecular weight is 447 g/mol. The van der Waals surface area contributed by atoms with Gasteiger partial charge in [0.2, 0.25) is 0 Å². The number of nitriles is 1. The second kappa shape index (κ2) is 10.2. The predicted molar refractivity (Wildman–Crippen MR) is 118 cm³/mol. The fourth-order valence-corrected chi connectivity index (χ4v) is 3.80. The molecule has 0 atom stereocenters. The average Bonchev–Trinajstić information content (AvgIpc) is 2.79. The molecule has 0 saturated heterocycles. The summed E-state index contributed by atoms with van der Waals surface area (Å²) in [5, 5.41) is 22.7. The first-order chi connectivity index (χ1) is 15.4. The Balaban J connectivity index is 1.66. The van der Waals surface area contributed by atoms with Crippen LogP contribution in [0.4, 0.5) is 11.4 Å². The first kappa shape index (κ1) is 22.5. The smallest absolute Gasteiger partial charge is 0.339 e. The van der Waals surface area contributed by atoms with E-state index in [0.717, 1.165) is 0 Å². The molecule has 9 heteroatoms. The van der Waals surface area contributed by atoms with E-state index in [-0.39, 0.29) is 11.3 Å². The molecule has 0 bridgehead atoms. The molecule has 0 aliphatic rings. The van der Waals surface area contributed by atoms with Crippen molar-refractivity contribution in [2.24, 2.45) is 0 Å². The van der Waals surface area contributed by atoms with E-state index in [1.165, 1.54) is 30.0 Å². The van der Waals surface area contributed by atoms with E-state index in [4.69, 9.17) is 4.74 Å². The van der Waals surface area contributed by atoms with Gasteiger partial charge in [0.25, 0.3) is 11.6 Å². The van der Waals surface area contributed by atoms with Gasteiger partial charge in [0, 0.05) is 27.6 Å². The van der Waals surface area contributed by atoms with Gasteiger partial charge < -0.3 is 10.1 Å². The van der Waals surface area contributed by atoms with Crippen LogP contribution in [-0.4, -0.2) is 23.4 Å². The summed E-state index contributed by atoms with van der Waals surface area (Å²) in [6.07, 6.45) is 0. The van der Waals surface area contributed by atoms with Crippen molar-refractivity contribution in [2.75, 3.05) is 11.9 Å². The number of rotatable bonds is 7. The molecule has 0 spiro atoms. The highest BCUT2D eigenvalue weighted by atomic mass is 32.2. The molecule has 32 heavy (non-hydrogen) atoms. The van der Waals surface area contributed by atoms with E-state index >= 15 is 0 Å². The number of hydrogen-bond donors (Lipinski definition) is 1. The van der Waals surface area contributed by atoms with Crippen molar-refractivity contribution in [3.05, 3.63) is 93.5 Å². The Kier molecular flexibility index (Phi) is 7.21. The SMILES string of the molecule is Cc1cc([N+](=O)[O-])ccc1NC(=O)COC(=O)c1ccccc1Sc1ccccc1C#N. The third-order valence-electron chi connectivity index (χ3n) is 4.36. The molecule has 0 aliphatic carbocycles. The maximum atomic E-state index is 12.6.